The van der Waals surface area contributed by atoms with Crippen molar-refractivity contribution in [3.8, 4) is 0 Å². The van der Waals surface area contributed by atoms with Gasteiger partial charge in [-0.15, -0.1) is 0 Å². The van der Waals surface area contributed by atoms with Crippen LogP contribution in [0.2, 0.25) is 5.02 Å². The lowest BCUT2D eigenvalue weighted by Crippen LogP contribution is -2.25. The van der Waals surface area contributed by atoms with E-state index in [1.807, 2.05) is 0 Å². The summed E-state index contributed by atoms with van der Waals surface area (Å²) in [6.45, 7) is 0. The van der Waals surface area contributed by atoms with Crippen molar-refractivity contribution in [3.05, 3.63) is 26.9 Å². The topological polar surface area (TPSA) is 46.2 Å². The summed E-state index contributed by atoms with van der Waals surface area (Å²) in [5, 5.41) is 2.15. The van der Waals surface area contributed by atoms with Crippen LogP contribution in [-0.4, -0.2) is 11.7 Å². The van der Waals surface area contributed by atoms with E-state index in [2.05, 4.69) is 21.2 Å². The first-order valence-corrected chi connectivity index (χ1v) is 5.18. The van der Waals surface area contributed by atoms with Crippen LogP contribution in [0.4, 0.5) is 10.1 Å². The third-order valence-electron chi connectivity index (χ3n) is 2.04. The molecule has 1 aromatic carbocycles. The highest BCUT2D eigenvalue weighted by molar-refractivity contribution is 9.10. The van der Waals surface area contributed by atoms with E-state index in [-0.39, 0.29) is 22.7 Å². The van der Waals surface area contributed by atoms with Crippen LogP contribution in [-0.2, 0) is 4.79 Å². The van der Waals surface area contributed by atoms with E-state index in [0.717, 1.165) is 0 Å². The van der Waals surface area contributed by atoms with Crippen LogP contribution in [0.25, 0.3) is 0 Å². The Morgan fingerprint density at radius 1 is 1.47 bits per heavy atom. The Kier molecular flexibility index (Phi) is 2.52. The minimum absolute atomic E-state index is 0.136. The lowest BCUT2D eigenvalue weighted by molar-refractivity contribution is -0.115. The molecule has 0 fully saturated rings. The molecule has 0 aliphatic carbocycles. The Bertz CT molecular complexity index is 489. The number of nitrogens with one attached hydrogen (secondary N) is 1. The lowest BCUT2D eigenvalue weighted by atomic mass is 10.0. The molecule has 0 bridgehead atoms. The third-order valence-corrected chi connectivity index (χ3v) is 2.94. The van der Waals surface area contributed by atoms with Gasteiger partial charge in [-0.3, -0.25) is 9.59 Å². The number of carbonyl (C=O) groups is 2. The van der Waals surface area contributed by atoms with Crippen molar-refractivity contribution in [3.63, 3.8) is 0 Å². The molecular weight excluding hydrogens is 288 g/mol. The Labute approximate surface area is 97.7 Å². The SMILES string of the molecule is O=C1CC(=O)c2c(Br)cc(Cl)c(F)c2N1. The summed E-state index contributed by atoms with van der Waals surface area (Å²) in [6, 6.07) is 1.30. The van der Waals surface area contributed by atoms with E-state index in [0.29, 0.717) is 4.47 Å². The second kappa shape index (κ2) is 3.57. The fraction of sp³-hybridized carbons (Fsp3) is 0.111. The summed E-state index contributed by atoms with van der Waals surface area (Å²) in [6.07, 6.45) is -0.271. The number of hydrogen-bond acceptors (Lipinski definition) is 2. The molecule has 0 aromatic heterocycles. The van der Waals surface area contributed by atoms with Crippen LogP contribution in [0.5, 0.6) is 0 Å². The Hall–Kier alpha value is -0.940. The van der Waals surface area contributed by atoms with Crippen molar-refractivity contribution in [1.82, 2.24) is 0 Å². The normalized spacial score (nSPS) is 14.9. The minimum Gasteiger partial charge on any atom is -0.323 e. The first-order valence-electron chi connectivity index (χ1n) is 4.01. The van der Waals surface area contributed by atoms with Gasteiger partial charge in [-0.1, -0.05) is 11.6 Å². The number of Topliss-reactive ketones (excluding diaryl/α,β-unsaturated/α-hetero) is 1. The summed E-state index contributed by atoms with van der Waals surface area (Å²) in [5.41, 5.74) is -0.00729. The Morgan fingerprint density at radius 3 is 2.80 bits per heavy atom. The molecule has 1 aromatic rings. The maximum absolute atomic E-state index is 13.5. The molecule has 0 radical (unpaired) electrons. The molecular formula is C9H4BrClFNO2. The van der Waals surface area contributed by atoms with Gasteiger partial charge in [0.25, 0.3) is 0 Å². The van der Waals surface area contributed by atoms with E-state index >= 15 is 0 Å². The zero-order valence-electron chi connectivity index (χ0n) is 7.23. The van der Waals surface area contributed by atoms with Gasteiger partial charge in [0.05, 0.1) is 22.7 Å². The fourth-order valence-electron chi connectivity index (χ4n) is 1.40. The molecule has 0 saturated carbocycles. The fourth-order valence-corrected chi connectivity index (χ4v) is 2.39. The summed E-state index contributed by atoms with van der Waals surface area (Å²) < 4.78 is 13.9. The number of benzene rings is 1. The van der Waals surface area contributed by atoms with Crippen molar-refractivity contribution >= 4 is 44.9 Å². The Morgan fingerprint density at radius 2 is 2.13 bits per heavy atom. The van der Waals surface area contributed by atoms with Gasteiger partial charge >= 0.3 is 0 Å². The van der Waals surface area contributed by atoms with Crippen molar-refractivity contribution in [2.45, 2.75) is 6.42 Å². The molecule has 78 valence electrons. The maximum Gasteiger partial charge on any atom is 0.232 e. The smallest absolute Gasteiger partial charge is 0.232 e. The number of amides is 1. The quantitative estimate of drug-likeness (QED) is 0.590. The van der Waals surface area contributed by atoms with Gasteiger partial charge in [0.1, 0.15) is 0 Å². The molecule has 1 aliphatic heterocycles. The van der Waals surface area contributed by atoms with Crippen LogP contribution in [0.15, 0.2) is 10.5 Å². The molecule has 1 heterocycles. The minimum atomic E-state index is -0.781. The largest absolute Gasteiger partial charge is 0.323 e. The van der Waals surface area contributed by atoms with Gasteiger partial charge in [-0.05, 0) is 22.0 Å². The van der Waals surface area contributed by atoms with Crippen molar-refractivity contribution in [1.29, 1.82) is 0 Å². The first-order chi connectivity index (χ1) is 7.00. The molecule has 3 nitrogen and oxygen atoms in total. The molecule has 1 aliphatic rings. The second-order valence-electron chi connectivity index (χ2n) is 3.05. The predicted molar refractivity (Wildman–Crippen MR) is 56.7 cm³/mol. The highest BCUT2D eigenvalue weighted by Crippen LogP contribution is 2.36. The van der Waals surface area contributed by atoms with Crippen molar-refractivity contribution in [2.75, 3.05) is 5.32 Å². The average Bonchev–Trinajstić information content (AvgIpc) is 2.12. The summed E-state index contributed by atoms with van der Waals surface area (Å²) in [4.78, 5) is 22.5. The van der Waals surface area contributed by atoms with Gasteiger partial charge in [0.2, 0.25) is 5.91 Å². The van der Waals surface area contributed by atoms with Gasteiger partial charge in [-0.2, -0.15) is 0 Å². The van der Waals surface area contributed by atoms with Gasteiger partial charge < -0.3 is 5.32 Å². The van der Waals surface area contributed by atoms with Crippen LogP contribution in [0.1, 0.15) is 16.8 Å². The highest BCUT2D eigenvalue weighted by Gasteiger charge is 2.28. The molecule has 0 atom stereocenters. The zero-order chi connectivity index (χ0) is 11.2. The van der Waals surface area contributed by atoms with E-state index in [4.69, 9.17) is 11.6 Å². The average molecular weight is 292 g/mol. The molecule has 6 heteroatoms. The molecule has 0 spiro atoms. The van der Waals surface area contributed by atoms with E-state index in [9.17, 15) is 14.0 Å². The molecule has 1 N–H and O–H groups in total. The van der Waals surface area contributed by atoms with E-state index in [1.165, 1.54) is 6.07 Å². The number of rotatable bonds is 0. The Balaban J connectivity index is 2.74. The van der Waals surface area contributed by atoms with Crippen molar-refractivity contribution in [2.24, 2.45) is 0 Å². The van der Waals surface area contributed by atoms with Crippen LogP contribution >= 0.6 is 27.5 Å². The number of carbonyl (C=O) groups excluding carboxylic acids is 2. The zero-order valence-corrected chi connectivity index (χ0v) is 9.58. The summed E-state index contributed by atoms with van der Waals surface area (Å²) in [7, 11) is 0. The monoisotopic (exact) mass is 291 g/mol. The van der Waals surface area contributed by atoms with Crippen LogP contribution in [0, 0.1) is 5.82 Å². The summed E-state index contributed by atoms with van der Waals surface area (Å²) in [5.74, 6) is -1.73. The first kappa shape index (κ1) is 10.6. The number of hydrogen-bond donors (Lipinski definition) is 1. The number of anilines is 1. The number of ketones is 1. The second-order valence-corrected chi connectivity index (χ2v) is 4.31. The molecule has 1 amide bonds. The molecule has 15 heavy (non-hydrogen) atoms. The van der Waals surface area contributed by atoms with Crippen LogP contribution < -0.4 is 5.32 Å². The lowest BCUT2D eigenvalue weighted by Gasteiger charge is -2.18. The maximum atomic E-state index is 13.5. The van der Waals surface area contributed by atoms with Crippen molar-refractivity contribution < 1.29 is 14.0 Å². The molecule has 0 saturated heterocycles. The van der Waals surface area contributed by atoms with Gasteiger partial charge in [-0.25, -0.2) is 4.39 Å². The highest BCUT2D eigenvalue weighted by atomic mass is 79.9. The molecule has 0 unspecified atom stereocenters. The molecule has 2 rings (SSSR count). The predicted octanol–water partition coefficient (Wildman–Crippen LogP) is 2.77. The standard InChI is InChI=1S/C9H4BrClFNO2/c10-3-1-4(11)8(12)9-7(3)5(14)2-6(15)13-9/h1H,2H2,(H,13,15). The third kappa shape index (κ3) is 1.66. The number of halogens is 3. The van der Waals surface area contributed by atoms with Gasteiger partial charge in [0.15, 0.2) is 11.6 Å². The number of fused-ring (bicyclic) bond motifs is 1. The van der Waals surface area contributed by atoms with Gasteiger partial charge in [0, 0.05) is 4.47 Å². The van der Waals surface area contributed by atoms with E-state index < -0.39 is 17.5 Å². The summed E-state index contributed by atoms with van der Waals surface area (Å²) >= 11 is 8.68. The van der Waals surface area contributed by atoms with Crippen LogP contribution in [0.3, 0.4) is 0 Å². The van der Waals surface area contributed by atoms with E-state index in [1.54, 1.807) is 0 Å².